The van der Waals surface area contributed by atoms with Gasteiger partial charge in [0.25, 0.3) is 0 Å². The van der Waals surface area contributed by atoms with Crippen molar-refractivity contribution in [3.63, 3.8) is 0 Å². The van der Waals surface area contributed by atoms with E-state index in [-0.39, 0.29) is 5.54 Å². The molecule has 0 spiro atoms. The molecule has 4 saturated carbocycles. The minimum Gasteiger partial charge on any atom is -0.390 e. The van der Waals surface area contributed by atoms with Gasteiger partial charge in [0.2, 0.25) is 0 Å². The van der Waals surface area contributed by atoms with E-state index in [9.17, 15) is 0 Å². The highest BCUT2D eigenvalue weighted by Gasteiger charge is 2.57. The summed E-state index contributed by atoms with van der Waals surface area (Å²) in [5.74, 6) is 2.50. The number of hydrogen-bond donors (Lipinski definition) is 3. The van der Waals surface area contributed by atoms with Gasteiger partial charge in [-0.15, -0.1) is 0 Å². The Morgan fingerprint density at radius 2 is 1.36 bits per heavy atom. The molecule has 3 N–H and O–H groups in total. The molecule has 0 heterocycles. The highest BCUT2D eigenvalue weighted by molar-refractivity contribution is 6.58. The summed E-state index contributed by atoms with van der Waals surface area (Å²) in [7, 11) is -3.42. The van der Waals surface area contributed by atoms with Gasteiger partial charge in [-0.2, -0.15) is 0 Å². The van der Waals surface area contributed by atoms with Gasteiger partial charge in [0.05, 0.1) is 0 Å². The Bertz CT molecular complexity index is 264. The maximum atomic E-state index is 7.16. The van der Waals surface area contributed by atoms with Crippen molar-refractivity contribution in [2.24, 2.45) is 23.7 Å². The SMILES string of the molecule is [3H]O[Si](O[3H])(O[3H])C1C2CC3CC(C2)CC1C3. The molecular weight excluding hydrogens is 196 g/mol. The highest BCUT2D eigenvalue weighted by Crippen LogP contribution is 2.60. The van der Waals surface area contributed by atoms with E-state index in [0.717, 1.165) is 37.5 Å². The monoisotopic (exact) mass is 220 g/mol. The highest BCUT2D eigenvalue weighted by atomic mass is 28.4. The lowest BCUT2D eigenvalue weighted by molar-refractivity contribution is -0.00558. The zero-order chi connectivity index (χ0) is 12.0. The Balaban J connectivity index is 1.87. The molecule has 0 unspecified atom stereocenters. The van der Waals surface area contributed by atoms with Crippen LogP contribution in [0.2, 0.25) is 5.54 Å². The molecule has 0 aromatic carbocycles. The van der Waals surface area contributed by atoms with Crippen molar-refractivity contribution in [2.45, 2.75) is 37.6 Å². The molecule has 0 aromatic heterocycles. The van der Waals surface area contributed by atoms with Crippen LogP contribution in [0.15, 0.2) is 0 Å². The van der Waals surface area contributed by atoms with Gasteiger partial charge in [-0.1, -0.05) is 0 Å². The van der Waals surface area contributed by atoms with Crippen molar-refractivity contribution < 1.29 is 14.4 Å². The fourth-order valence-corrected chi connectivity index (χ4v) is 6.20. The topological polar surface area (TPSA) is 60.7 Å². The molecule has 14 heavy (non-hydrogen) atoms. The molecule has 0 radical (unpaired) electrons. The first-order chi connectivity index (χ1) is 8.22. The van der Waals surface area contributed by atoms with Crippen molar-refractivity contribution in [1.82, 2.24) is 0 Å². The average Bonchev–Trinajstić information content (AvgIpc) is 2.33. The number of hydrogen-bond acceptors (Lipinski definition) is 3. The zero-order valence-corrected chi connectivity index (χ0v) is 9.15. The smallest absolute Gasteiger partial charge is 0.390 e. The van der Waals surface area contributed by atoms with Gasteiger partial charge in [0.1, 0.15) is 0 Å². The van der Waals surface area contributed by atoms with Crippen molar-refractivity contribution in [3.8, 4) is 0 Å². The Morgan fingerprint density at radius 1 is 0.857 bits per heavy atom. The second kappa shape index (κ2) is 2.81. The molecule has 0 aromatic rings. The third-order valence-corrected chi connectivity index (χ3v) is 6.39. The molecule has 3 nitrogen and oxygen atoms in total. The summed E-state index contributed by atoms with van der Waals surface area (Å²) in [6, 6.07) is 0. The summed E-state index contributed by atoms with van der Waals surface area (Å²) < 4.78 is 21.5. The zero-order valence-electron chi connectivity index (χ0n) is 11.1. The summed E-state index contributed by atoms with van der Waals surface area (Å²) in [5, 5.41) is 0. The van der Waals surface area contributed by atoms with Gasteiger partial charge in [-0.25, -0.2) is 0 Å². The van der Waals surface area contributed by atoms with Gasteiger partial charge < -0.3 is 14.4 Å². The fraction of sp³-hybridized carbons (Fsp3) is 1.00. The van der Waals surface area contributed by atoms with Crippen LogP contribution >= 0.6 is 0 Å². The van der Waals surface area contributed by atoms with Crippen molar-refractivity contribution in [3.05, 3.63) is 0 Å². The lowest BCUT2D eigenvalue weighted by Crippen LogP contribution is -2.54. The van der Waals surface area contributed by atoms with Gasteiger partial charge in [0.15, 0.2) is 4.29 Å². The summed E-state index contributed by atoms with van der Waals surface area (Å²) in [6.07, 6.45) is 5.91. The van der Waals surface area contributed by atoms with Gasteiger partial charge in [-0.05, 0) is 55.8 Å². The van der Waals surface area contributed by atoms with Crippen LogP contribution in [-0.2, 0) is 0 Å². The Kier molecular flexibility index (Phi) is 1.33. The third kappa shape index (κ3) is 1.28. The lowest BCUT2D eigenvalue weighted by Gasteiger charge is -2.55. The molecule has 80 valence electrons. The molecule has 0 atom stereocenters. The van der Waals surface area contributed by atoms with Gasteiger partial charge in [0, 0.05) is 5.54 Å². The summed E-state index contributed by atoms with van der Waals surface area (Å²) in [6.45, 7) is 0. The van der Waals surface area contributed by atoms with Crippen LogP contribution < -0.4 is 0 Å². The second-order valence-electron chi connectivity index (χ2n) is 5.56. The molecule has 0 amide bonds. The van der Waals surface area contributed by atoms with E-state index in [2.05, 4.69) is 14.4 Å². The quantitative estimate of drug-likeness (QED) is 0.612. The van der Waals surface area contributed by atoms with E-state index >= 15 is 0 Å². The Hall–Kier alpha value is 0.0969. The van der Waals surface area contributed by atoms with Crippen LogP contribution in [0.5, 0.6) is 0 Å². The standard InChI is InChI=1S/C10H18O3Si/c11-14(12,13)10-8-2-6-1-7(4-8)5-9(10)3-6/h6-13H,1-5H2/i11T,12T,13T. The van der Waals surface area contributed by atoms with E-state index in [0.29, 0.717) is 11.8 Å². The average molecular weight is 220 g/mol. The third-order valence-electron chi connectivity index (χ3n) is 4.63. The fourth-order valence-electron chi connectivity index (χ4n) is 4.50. The van der Waals surface area contributed by atoms with E-state index in [1.807, 2.05) is 0 Å². The van der Waals surface area contributed by atoms with Crippen LogP contribution in [0.3, 0.4) is 0 Å². The normalized spacial score (nSPS) is 54.0. The summed E-state index contributed by atoms with van der Waals surface area (Å²) in [4.78, 5) is 13.9. The van der Waals surface area contributed by atoms with Gasteiger partial charge in [-0.3, -0.25) is 0 Å². The maximum Gasteiger partial charge on any atom is 0.496 e. The predicted molar refractivity (Wildman–Crippen MR) is 53.2 cm³/mol. The first-order valence-electron chi connectivity index (χ1n) is 6.87. The van der Waals surface area contributed by atoms with Crippen LogP contribution in [0, 0.1) is 23.7 Å². The van der Waals surface area contributed by atoms with Crippen LogP contribution in [-0.4, -0.2) is 27.5 Å². The Morgan fingerprint density at radius 3 is 1.79 bits per heavy atom. The Labute approximate surface area is 89.6 Å². The molecule has 4 rings (SSSR count). The molecule has 0 saturated heterocycles. The van der Waals surface area contributed by atoms with E-state index < -0.39 is 8.80 Å². The summed E-state index contributed by atoms with van der Waals surface area (Å²) in [5.41, 5.74) is 0.00259. The molecule has 4 aliphatic rings. The minimum atomic E-state index is -3.42. The molecule has 0 aliphatic heterocycles. The molecule has 4 aliphatic carbocycles. The predicted octanol–water partition coefficient (Wildman–Crippen LogP) is 0.728. The lowest BCUT2D eigenvalue weighted by atomic mass is 9.56. The van der Waals surface area contributed by atoms with Crippen molar-refractivity contribution in [2.75, 3.05) is 0 Å². The van der Waals surface area contributed by atoms with E-state index in [1.165, 1.54) is 6.42 Å². The first-order valence-corrected chi connectivity index (χ1v) is 7.45. The molecule has 4 fully saturated rings. The molecule has 4 heteroatoms. The van der Waals surface area contributed by atoms with Crippen LogP contribution in [0.1, 0.15) is 32.1 Å². The van der Waals surface area contributed by atoms with E-state index in [4.69, 9.17) is 4.29 Å². The maximum absolute atomic E-state index is 7.16. The largest absolute Gasteiger partial charge is 0.496 e. The second-order valence-corrected chi connectivity index (χ2v) is 7.43. The van der Waals surface area contributed by atoms with Gasteiger partial charge >= 0.3 is 8.80 Å². The molecule has 4 bridgehead atoms. The number of rotatable bonds is 4. The van der Waals surface area contributed by atoms with Crippen LogP contribution in [0.4, 0.5) is 0 Å². The molecular formula is C10H18O3Si. The van der Waals surface area contributed by atoms with Crippen LogP contribution in [0.25, 0.3) is 0 Å². The van der Waals surface area contributed by atoms with E-state index in [1.54, 1.807) is 0 Å². The van der Waals surface area contributed by atoms with Crippen molar-refractivity contribution >= 4 is 8.80 Å². The first kappa shape index (κ1) is 6.63. The van der Waals surface area contributed by atoms with Crippen molar-refractivity contribution in [1.29, 1.82) is 4.29 Å². The summed E-state index contributed by atoms with van der Waals surface area (Å²) >= 11 is 0. The minimum absolute atomic E-state index is 0.00259.